The minimum Gasteiger partial charge on any atom is -0.383 e. The number of benzene rings is 2. The van der Waals surface area contributed by atoms with Gasteiger partial charge in [-0.25, -0.2) is 4.79 Å². The molecule has 10 nitrogen and oxygen atoms in total. The third kappa shape index (κ3) is 5.38. The van der Waals surface area contributed by atoms with Crippen molar-refractivity contribution >= 4 is 29.0 Å². The largest absolute Gasteiger partial charge is 0.383 e. The molecule has 2 heterocycles. The average molecular weight is 492 g/mol. The SMILES string of the molecule is CCCN(C(=O)c1cccc(NC(=O)C2CCCO2)c1)c1c(N)n(Cc2ccccc2)c(=O)[nH]c1=O. The number of nitrogens with one attached hydrogen (secondary N) is 2. The van der Waals surface area contributed by atoms with Crippen LogP contribution in [0.4, 0.5) is 17.2 Å². The molecule has 2 amide bonds. The van der Waals surface area contributed by atoms with Gasteiger partial charge >= 0.3 is 5.69 Å². The molecule has 0 saturated carbocycles. The standard InChI is InChI=1S/C26H29N5O5/c1-2-13-30(21-22(27)31(26(35)29-24(21)33)16-17-8-4-3-5-9-17)25(34)18-10-6-11-19(15-18)28-23(32)20-12-7-14-36-20/h3-6,8-11,15,20H,2,7,12-14,16,27H2,1H3,(H,28,32)(H,29,33,35). The van der Waals surface area contributed by atoms with E-state index in [0.717, 1.165) is 12.0 Å². The van der Waals surface area contributed by atoms with Crippen molar-refractivity contribution in [3.8, 4) is 0 Å². The normalized spacial score (nSPS) is 15.0. The lowest BCUT2D eigenvalue weighted by Crippen LogP contribution is -2.41. The van der Waals surface area contributed by atoms with Crippen LogP contribution in [-0.4, -0.2) is 40.6 Å². The van der Waals surface area contributed by atoms with Crippen LogP contribution < -0.4 is 27.2 Å². The van der Waals surface area contributed by atoms with Crippen LogP contribution in [-0.2, 0) is 16.1 Å². The van der Waals surface area contributed by atoms with Crippen molar-refractivity contribution in [3.05, 3.63) is 86.6 Å². The fourth-order valence-electron chi connectivity index (χ4n) is 4.19. The zero-order chi connectivity index (χ0) is 25.7. The highest BCUT2D eigenvalue weighted by atomic mass is 16.5. The first-order valence-corrected chi connectivity index (χ1v) is 11.9. The molecule has 4 N–H and O–H groups in total. The van der Waals surface area contributed by atoms with Crippen LogP contribution in [0.15, 0.2) is 64.2 Å². The van der Waals surface area contributed by atoms with Gasteiger partial charge in [-0.3, -0.25) is 23.9 Å². The summed E-state index contributed by atoms with van der Waals surface area (Å²) < 4.78 is 6.65. The number of H-pyrrole nitrogens is 1. The number of nitrogens with two attached hydrogens (primary N) is 1. The average Bonchev–Trinajstić information content (AvgIpc) is 3.42. The molecular formula is C26H29N5O5. The van der Waals surface area contributed by atoms with Gasteiger partial charge in [-0.1, -0.05) is 43.3 Å². The van der Waals surface area contributed by atoms with Gasteiger partial charge in [0.05, 0.1) is 6.54 Å². The molecule has 0 radical (unpaired) electrons. The number of rotatable bonds is 8. The molecule has 1 fully saturated rings. The summed E-state index contributed by atoms with van der Waals surface area (Å²) in [6.45, 7) is 2.74. The number of ether oxygens (including phenoxy) is 1. The zero-order valence-electron chi connectivity index (χ0n) is 20.0. The Morgan fingerprint density at radius 1 is 1.17 bits per heavy atom. The Balaban J connectivity index is 1.66. The number of nitrogen functional groups attached to an aromatic ring is 1. The van der Waals surface area contributed by atoms with Crippen molar-refractivity contribution in [1.29, 1.82) is 0 Å². The molecule has 1 aromatic heterocycles. The maximum Gasteiger partial charge on any atom is 0.330 e. The van der Waals surface area contributed by atoms with Gasteiger partial charge in [0.25, 0.3) is 17.4 Å². The summed E-state index contributed by atoms with van der Waals surface area (Å²) in [6, 6.07) is 15.7. The number of aromatic amines is 1. The smallest absolute Gasteiger partial charge is 0.330 e. The second-order valence-electron chi connectivity index (χ2n) is 8.59. The van der Waals surface area contributed by atoms with Gasteiger partial charge in [-0.05, 0) is 43.0 Å². The van der Waals surface area contributed by atoms with E-state index in [4.69, 9.17) is 10.5 Å². The lowest BCUT2D eigenvalue weighted by molar-refractivity contribution is -0.124. The summed E-state index contributed by atoms with van der Waals surface area (Å²) in [4.78, 5) is 55.0. The monoisotopic (exact) mass is 491 g/mol. The molecule has 0 spiro atoms. The van der Waals surface area contributed by atoms with E-state index in [1.165, 1.54) is 9.47 Å². The Bertz CT molecular complexity index is 1360. The van der Waals surface area contributed by atoms with E-state index in [9.17, 15) is 19.2 Å². The maximum atomic E-state index is 13.6. The predicted octanol–water partition coefficient (Wildman–Crippen LogP) is 2.34. The molecule has 0 aliphatic carbocycles. The highest BCUT2D eigenvalue weighted by molar-refractivity contribution is 6.08. The van der Waals surface area contributed by atoms with Gasteiger partial charge in [0.2, 0.25) is 0 Å². The van der Waals surface area contributed by atoms with Gasteiger partial charge in [0.15, 0.2) is 5.69 Å². The Labute approximate surface area is 207 Å². The molecule has 0 bridgehead atoms. The Kier molecular flexibility index (Phi) is 7.65. The number of carbonyl (C=O) groups excluding carboxylic acids is 2. The van der Waals surface area contributed by atoms with E-state index in [0.29, 0.717) is 25.1 Å². The first-order valence-electron chi connectivity index (χ1n) is 11.9. The van der Waals surface area contributed by atoms with Gasteiger partial charge in [-0.2, -0.15) is 0 Å². The van der Waals surface area contributed by atoms with Crippen molar-refractivity contribution < 1.29 is 14.3 Å². The van der Waals surface area contributed by atoms with Gasteiger partial charge < -0.3 is 20.7 Å². The molecule has 36 heavy (non-hydrogen) atoms. The lowest BCUT2D eigenvalue weighted by atomic mass is 10.1. The summed E-state index contributed by atoms with van der Waals surface area (Å²) in [5, 5.41) is 2.78. The quantitative estimate of drug-likeness (QED) is 0.442. The topological polar surface area (TPSA) is 140 Å². The zero-order valence-corrected chi connectivity index (χ0v) is 20.0. The maximum absolute atomic E-state index is 13.6. The van der Waals surface area contributed by atoms with Gasteiger partial charge in [0.1, 0.15) is 11.9 Å². The van der Waals surface area contributed by atoms with Crippen LogP contribution in [0.2, 0.25) is 0 Å². The van der Waals surface area contributed by atoms with Crippen molar-refractivity contribution in [3.63, 3.8) is 0 Å². The first kappa shape index (κ1) is 24.9. The van der Waals surface area contributed by atoms with E-state index < -0.39 is 23.3 Å². The van der Waals surface area contributed by atoms with Crippen LogP contribution in [0, 0.1) is 0 Å². The molecule has 3 aromatic rings. The van der Waals surface area contributed by atoms with E-state index in [1.54, 1.807) is 24.3 Å². The summed E-state index contributed by atoms with van der Waals surface area (Å²) in [6.07, 6.45) is 1.50. The van der Waals surface area contributed by atoms with Crippen molar-refractivity contribution in [2.24, 2.45) is 0 Å². The molecular weight excluding hydrogens is 462 g/mol. The fraction of sp³-hybridized carbons (Fsp3) is 0.308. The Morgan fingerprint density at radius 2 is 1.94 bits per heavy atom. The molecule has 2 aromatic carbocycles. The molecule has 1 atom stereocenters. The second kappa shape index (κ2) is 11.0. The van der Waals surface area contributed by atoms with Crippen LogP contribution >= 0.6 is 0 Å². The summed E-state index contributed by atoms with van der Waals surface area (Å²) in [5.74, 6) is -0.847. The molecule has 1 unspecified atom stereocenters. The third-order valence-corrected chi connectivity index (χ3v) is 5.96. The Morgan fingerprint density at radius 3 is 2.64 bits per heavy atom. The molecule has 188 valence electrons. The molecule has 1 aliphatic rings. The summed E-state index contributed by atoms with van der Waals surface area (Å²) >= 11 is 0. The van der Waals surface area contributed by atoms with Crippen molar-refractivity contribution in [2.75, 3.05) is 29.1 Å². The van der Waals surface area contributed by atoms with Crippen molar-refractivity contribution in [2.45, 2.75) is 38.8 Å². The predicted molar refractivity (Wildman–Crippen MR) is 137 cm³/mol. The van der Waals surface area contributed by atoms with E-state index in [1.807, 2.05) is 37.3 Å². The number of hydrogen-bond acceptors (Lipinski definition) is 6. The van der Waals surface area contributed by atoms with E-state index in [2.05, 4.69) is 10.3 Å². The second-order valence-corrected chi connectivity index (χ2v) is 8.59. The van der Waals surface area contributed by atoms with E-state index >= 15 is 0 Å². The molecule has 10 heteroatoms. The third-order valence-electron chi connectivity index (χ3n) is 5.96. The number of nitrogens with zero attached hydrogens (tertiary/aromatic N) is 2. The van der Waals surface area contributed by atoms with Gasteiger partial charge in [-0.15, -0.1) is 0 Å². The highest BCUT2D eigenvalue weighted by Gasteiger charge is 2.26. The van der Waals surface area contributed by atoms with Gasteiger partial charge in [0, 0.05) is 24.4 Å². The molecule has 4 rings (SSSR count). The first-order chi connectivity index (χ1) is 17.4. The number of carbonyl (C=O) groups is 2. The number of amides is 2. The summed E-state index contributed by atoms with van der Waals surface area (Å²) in [7, 11) is 0. The minimum absolute atomic E-state index is 0.0915. The lowest BCUT2D eigenvalue weighted by Gasteiger charge is -2.24. The molecule has 1 saturated heterocycles. The van der Waals surface area contributed by atoms with Crippen LogP contribution in [0.3, 0.4) is 0 Å². The van der Waals surface area contributed by atoms with Crippen LogP contribution in [0.1, 0.15) is 42.1 Å². The van der Waals surface area contributed by atoms with Crippen molar-refractivity contribution in [1.82, 2.24) is 9.55 Å². The molecule has 1 aliphatic heterocycles. The van der Waals surface area contributed by atoms with Crippen LogP contribution in [0.25, 0.3) is 0 Å². The highest BCUT2D eigenvalue weighted by Crippen LogP contribution is 2.22. The van der Waals surface area contributed by atoms with E-state index in [-0.39, 0.29) is 36.1 Å². The number of aromatic nitrogens is 2. The fourth-order valence-corrected chi connectivity index (χ4v) is 4.19. The summed E-state index contributed by atoms with van der Waals surface area (Å²) in [5.41, 5.74) is 6.34. The number of hydrogen-bond donors (Lipinski definition) is 3. The number of anilines is 3. The Hall–Kier alpha value is -4.18. The minimum atomic E-state index is -0.744. The van der Waals surface area contributed by atoms with Crippen LogP contribution in [0.5, 0.6) is 0 Å².